The molecule has 0 unspecified atom stereocenters. The van der Waals surface area contributed by atoms with Crippen LogP contribution in [-0.4, -0.2) is 32.0 Å². The fourth-order valence-electron chi connectivity index (χ4n) is 2.85. The zero-order chi connectivity index (χ0) is 17.6. The van der Waals surface area contributed by atoms with Gasteiger partial charge < -0.3 is 15.0 Å². The molecule has 0 aliphatic carbocycles. The van der Waals surface area contributed by atoms with Crippen LogP contribution in [0, 0.1) is 0 Å². The number of fused-ring (bicyclic) bond motifs is 1. The molecule has 0 bridgehead atoms. The molecule has 25 heavy (non-hydrogen) atoms. The molecule has 2 amide bonds. The van der Waals surface area contributed by atoms with Crippen LogP contribution in [0.4, 0.5) is 5.69 Å². The van der Waals surface area contributed by atoms with Gasteiger partial charge in [-0.05, 0) is 29.7 Å². The van der Waals surface area contributed by atoms with Crippen LogP contribution < -0.4 is 15.0 Å². The number of carbonyl (C=O) groups is 2. The monoisotopic (exact) mass is 338 g/mol. The second kappa shape index (κ2) is 7.83. The smallest absolute Gasteiger partial charge is 0.230 e. The lowest BCUT2D eigenvalue weighted by Crippen LogP contribution is -2.27. The number of ether oxygens (including phenoxy) is 1. The van der Waals surface area contributed by atoms with Gasteiger partial charge in [0.1, 0.15) is 5.75 Å². The fourth-order valence-corrected chi connectivity index (χ4v) is 2.85. The molecule has 0 aromatic heterocycles. The Morgan fingerprint density at radius 3 is 2.76 bits per heavy atom. The van der Waals surface area contributed by atoms with Crippen molar-refractivity contribution in [2.45, 2.75) is 19.3 Å². The third-order valence-electron chi connectivity index (χ3n) is 4.28. The molecule has 1 aliphatic heterocycles. The van der Waals surface area contributed by atoms with E-state index < -0.39 is 0 Å². The van der Waals surface area contributed by atoms with E-state index in [9.17, 15) is 9.59 Å². The Bertz CT molecular complexity index is 759. The summed E-state index contributed by atoms with van der Waals surface area (Å²) in [5.41, 5.74) is 2.78. The van der Waals surface area contributed by atoms with E-state index in [1.54, 1.807) is 11.9 Å². The van der Waals surface area contributed by atoms with Crippen molar-refractivity contribution in [1.82, 2.24) is 5.32 Å². The van der Waals surface area contributed by atoms with E-state index in [4.69, 9.17) is 4.74 Å². The summed E-state index contributed by atoms with van der Waals surface area (Å²) >= 11 is 0. The number of hydrogen-bond donors (Lipinski definition) is 1. The Labute approximate surface area is 147 Å². The molecule has 5 heteroatoms. The van der Waals surface area contributed by atoms with Gasteiger partial charge in [0.05, 0.1) is 25.1 Å². The maximum Gasteiger partial charge on any atom is 0.230 e. The lowest BCUT2D eigenvalue weighted by atomic mass is 10.1. The molecule has 0 radical (unpaired) electrons. The molecule has 0 saturated carbocycles. The molecule has 0 fully saturated rings. The average molecular weight is 338 g/mol. The van der Waals surface area contributed by atoms with Crippen LogP contribution in [0.5, 0.6) is 5.75 Å². The van der Waals surface area contributed by atoms with Crippen LogP contribution in [0.3, 0.4) is 0 Å². The summed E-state index contributed by atoms with van der Waals surface area (Å²) in [6.45, 7) is 0.991. The number of amides is 2. The van der Waals surface area contributed by atoms with Crippen molar-refractivity contribution < 1.29 is 14.3 Å². The van der Waals surface area contributed by atoms with Crippen molar-refractivity contribution in [1.29, 1.82) is 0 Å². The van der Waals surface area contributed by atoms with E-state index in [0.717, 1.165) is 17.7 Å². The first-order chi connectivity index (χ1) is 12.1. The van der Waals surface area contributed by atoms with Gasteiger partial charge in [0.25, 0.3) is 0 Å². The summed E-state index contributed by atoms with van der Waals surface area (Å²) in [4.78, 5) is 25.7. The molecular formula is C20H22N2O3. The maximum absolute atomic E-state index is 12.2. The number of anilines is 1. The van der Waals surface area contributed by atoms with Crippen LogP contribution in [0.1, 0.15) is 17.5 Å². The topological polar surface area (TPSA) is 58.6 Å². The lowest BCUT2D eigenvalue weighted by molar-refractivity contribution is -0.120. The van der Waals surface area contributed by atoms with Crippen LogP contribution in [0.2, 0.25) is 0 Å². The van der Waals surface area contributed by atoms with Crippen molar-refractivity contribution in [3.8, 4) is 5.75 Å². The van der Waals surface area contributed by atoms with Gasteiger partial charge in [0, 0.05) is 13.6 Å². The van der Waals surface area contributed by atoms with Crippen LogP contribution in [-0.2, 0) is 22.4 Å². The highest BCUT2D eigenvalue weighted by molar-refractivity contribution is 5.95. The summed E-state index contributed by atoms with van der Waals surface area (Å²) in [6.07, 6.45) is 1.45. The number of benzene rings is 2. The minimum absolute atomic E-state index is 0.0169. The van der Waals surface area contributed by atoms with Crippen LogP contribution >= 0.6 is 0 Å². The second-order valence-electron chi connectivity index (χ2n) is 6.12. The van der Waals surface area contributed by atoms with E-state index in [-0.39, 0.29) is 18.2 Å². The molecule has 0 saturated heterocycles. The predicted octanol–water partition coefficient (Wildman–Crippen LogP) is 2.33. The fraction of sp³-hybridized carbons (Fsp3) is 0.300. The van der Waals surface area contributed by atoms with Gasteiger partial charge >= 0.3 is 0 Å². The molecule has 1 N–H and O–H groups in total. The minimum atomic E-state index is -0.0283. The van der Waals surface area contributed by atoms with Gasteiger partial charge in [-0.1, -0.05) is 36.4 Å². The van der Waals surface area contributed by atoms with Crippen molar-refractivity contribution in [2.24, 2.45) is 0 Å². The summed E-state index contributed by atoms with van der Waals surface area (Å²) in [5.74, 6) is 0.671. The summed E-state index contributed by atoms with van der Waals surface area (Å²) in [5, 5.41) is 2.94. The Balaban J connectivity index is 1.58. The minimum Gasteiger partial charge on any atom is -0.491 e. The number of nitrogens with zero attached hydrogens (tertiary/aromatic N) is 1. The normalized spacial score (nSPS) is 13.6. The second-order valence-corrected chi connectivity index (χ2v) is 6.12. The Morgan fingerprint density at radius 2 is 1.96 bits per heavy atom. The van der Waals surface area contributed by atoms with Gasteiger partial charge in [0.2, 0.25) is 11.8 Å². The third kappa shape index (κ3) is 4.38. The van der Waals surface area contributed by atoms with E-state index in [0.29, 0.717) is 25.3 Å². The first kappa shape index (κ1) is 17.0. The number of rotatable bonds is 5. The molecule has 2 aromatic rings. The van der Waals surface area contributed by atoms with E-state index in [2.05, 4.69) is 5.32 Å². The third-order valence-corrected chi connectivity index (χ3v) is 4.28. The highest BCUT2D eigenvalue weighted by Crippen LogP contribution is 2.31. The van der Waals surface area contributed by atoms with Gasteiger partial charge in [-0.2, -0.15) is 0 Å². The standard InChI is InChI=1S/C20H22N2O3/c1-22-17-13-16(7-8-18(17)25-12-10-20(22)24)14-19(23)21-11-9-15-5-3-2-4-6-15/h2-8,13H,9-12,14H2,1H3,(H,21,23). The highest BCUT2D eigenvalue weighted by atomic mass is 16.5. The Morgan fingerprint density at radius 1 is 1.16 bits per heavy atom. The molecule has 5 nitrogen and oxygen atoms in total. The van der Waals surface area contributed by atoms with Gasteiger partial charge in [-0.15, -0.1) is 0 Å². The highest BCUT2D eigenvalue weighted by Gasteiger charge is 2.20. The summed E-state index contributed by atoms with van der Waals surface area (Å²) in [6, 6.07) is 15.6. The summed E-state index contributed by atoms with van der Waals surface area (Å²) in [7, 11) is 1.74. The van der Waals surface area contributed by atoms with Gasteiger partial charge in [-0.25, -0.2) is 0 Å². The SMILES string of the molecule is CN1C(=O)CCOc2ccc(CC(=O)NCCc3ccccc3)cc21. The maximum atomic E-state index is 12.2. The molecule has 2 aromatic carbocycles. The number of nitrogens with one attached hydrogen (secondary N) is 1. The van der Waals surface area contributed by atoms with Crippen LogP contribution in [0.15, 0.2) is 48.5 Å². The van der Waals surface area contributed by atoms with Gasteiger partial charge in [-0.3, -0.25) is 9.59 Å². The lowest BCUT2D eigenvalue weighted by Gasteiger charge is -2.17. The molecule has 130 valence electrons. The molecule has 0 atom stereocenters. The van der Waals surface area contributed by atoms with E-state index >= 15 is 0 Å². The van der Waals surface area contributed by atoms with E-state index in [1.807, 2.05) is 48.5 Å². The Hall–Kier alpha value is -2.82. The van der Waals surface area contributed by atoms with Crippen molar-refractivity contribution in [3.05, 3.63) is 59.7 Å². The molecule has 1 aliphatic rings. The average Bonchev–Trinajstić information content (AvgIpc) is 2.75. The number of hydrogen-bond acceptors (Lipinski definition) is 3. The summed E-state index contributed by atoms with van der Waals surface area (Å²) < 4.78 is 5.60. The van der Waals surface area contributed by atoms with Crippen molar-refractivity contribution in [3.63, 3.8) is 0 Å². The first-order valence-corrected chi connectivity index (χ1v) is 8.46. The molecular weight excluding hydrogens is 316 g/mol. The molecule has 1 heterocycles. The largest absolute Gasteiger partial charge is 0.491 e. The van der Waals surface area contributed by atoms with Crippen LogP contribution in [0.25, 0.3) is 0 Å². The quantitative estimate of drug-likeness (QED) is 0.910. The molecule has 0 spiro atoms. The number of carbonyl (C=O) groups excluding carboxylic acids is 2. The Kier molecular flexibility index (Phi) is 5.33. The molecule has 3 rings (SSSR count). The first-order valence-electron chi connectivity index (χ1n) is 8.46. The zero-order valence-electron chi connectivity index (χ0n) is 14.3. The van der Waals surface area contributed by atoms with Crippen molar-refractivity contribution in [2.75, 3.05) is 25.1 Å². The predicted molar refractivity (Wildman–Crippen MR) is 96.8 cm³/mol. The zero-order valence-corrected chi connectivity index (χ0v) is 14.3. The van der Waals surface area contributed by atoms with Crippen molar-refractivity contribution >= 4 is 17.5 Å². The van der Waals surface area contributed by atoms with Gasteiger partial charge in [0.15, 0.2) is 0 Å². The van der Waals surface area contributed by atoms with E-state index in [1.165, 1.54) is 5.56 Å².